The van der Waals surface area contributed by atoms with Gasteiger partial charge in [-0.05, 0) is 23.1 Å². The fourth-order valence-corrected chi connectivity index (χ4v) is 7.60. The number of nitrogens with zero attached hydrogens (tertiary/aromatic N) is 3. The van der Waals surface area contributed by atoms with E-state index in [0.717, 1.165) is 16.7 Å². The number of aliphatic hydroxyl groups is 1. The molecule has 2 saturated heterocycles. The average Bonchev–Trinajstić information content (AvgIpc) is 3.40. The van der Waals surface area contributed by atoms with E-state index in [0.29, 0.717) is 32.6 Å². The molecule has 0 radical (unpaired) electrons. The van der Waals surface area contributed by atoms with Crippen molar-refractivity contribution in [1.29, 1.82) is 0 Å². The zero-order chi connectivity index (χ0) is 31.0. The highest BCUT2D eigenvalue weighted by atomic mass is 16.5. The standard InChI is InChI=1S/C37H37N3O5/c41-25-29(22-26-12-4-1-5-13-26)40-33-36(44)39(24-28-16-8-3-9-17-28)21-11-19-37(33)32(35(40)43)31-30(45-37)18-10-20-38(34(31)42)23-27-14-6-2-7-15-27/h1-19,29-33,41H,20-25H2/t29-,30-,31+,32+,33?,37+/m1/s1. The SMILES string of the molecule is O=C1C2N([C@@H](CO)Cc3ccccc3)C(=O)[C@@H]3[C@H]4C(=O)N(Cc5ccccc5)CC=C[C@H]4O[C@]23C=CCN1Cc1ccccc1. The Morgan fingerprint density at radius 1 is 0.733 bits per heavy atom. The van der Waals surface area contributed by atoms with Crippen molar-refractivity contribution in [2.45, 2.75) is 43.3 Å². The third kappa shape index (κ3) is 5.18. The van der Waals surface area contributed by atoms with Crippen molar-refractivity contribution < 1.29 is 24.2 Å². The van der Waals surface area contributed by atoms with E-state index >= 15 is 0 Å². The Morgan fingerprint density at radius 3 is 1.89 bits per heavy atom. The van der Waals surface area contributed by atoms with E-state index in [2.05, 4.69) is 0 Å². The first-order chi connectivity index (χ1) is 22.0. The van der Waals surface area contributed by atoms with Gasteiger partial charge in [-0.1, -0.05) is 115 Å². The van der Waals surface area contributed by atoms with Crippen LogP contribution in [0.4, 0.5) is 0 Å². The summed E-state index contributed by atoms with van der Waals surface area (Å²) < 4.78 is 6.81. The third-order valence-corrected chi connectivity index (χ3v) is 9.61. The van der Waals surface area contributed by atoms with Gasteiger partial charge in [-0.2, -0.15) is 0 Å². The van der Waals surface area contributed by atoms with Crippen molar-refractivity contribution in [2.75, 3.05) is 19.7 Å². The molecule has 0 aromatic heterocycles. The summed E-state index contributed by atoms with van der Waals surface area (Å²) in [6.07, 6.45) is 7.27. The lowest BCUT2D eigenvalue weighted by atomic mass is 9.77. The Bertz CT molecular complexity index is 1610. The molecule has 4 aliphatic heterocycles. The second kappa shape index (κ2) is 12.1. The fourth-order valence-electron chi connectivity index (χ4n) is 7.60. The van der Waals surface area contributed by atoms with Crippen molar-refractivity contribution in [2.24, 2.45) is 11.8 Å². The van der Waals surface area contributed by atoms with Crippen molar-refractivity contribution in [3.05, 3.63) is 132 Å². The summed E-state index contributed by atoms with van der Waals surface area (Å²) in [7, 11) is 0. The lowest BCUT2D eigenvalue weighted by Gasteiger charge is -2.38. The van der Waals surface area contributed by atoms with E-state index in [9.17, 15) is 19.5 Å². The maximum Gasteiger partial charge on any atom is 0.249 e. The summed E-state index contributed by atoms with van der Waals surface area (Å²) in [5, 5.41) is 10.7. The number of ether oxygens (including phenoxy) is 1. The van der Waals surface area contributed by atoms with Crippen molar-refractivity contribution in [3.63, 3.8) is 0 Å². The number of hydrogen-bond acceptors (Lipinski definition) is 5. The minimum Gasteiger partial charge on any atom is -0.394 e. The molecule has 6 atom stereocenters. The molecule has 2 fully saturated rings. The molecule has 4 aliphatic rings. The Labute approximate surface area is 263 Å². The van der Waals surface area contributed by atoms with Crippen LogP contribution in [-0.2, 0) is 38.6 Å². The highest BCUT2D eigenvalue weighted by Gasteiger charge is 2.72. The molecular formula is C37H37N3O5. The second-order valence-electron chi connectivity index (χ2n) is 12.4. The minimum atomic E-state index is -1.35. The van der Waals surface area contributed by atoms with Gasteiger partial charge >= 0.3 is 0 Å². The van der Waals surface area contributed by atoms with Gasteiger partial charge in [0.2, 0.25) is 17.7 Å². The van der Waals surface area contributed by atoms with E-state index in [1.54, 1.807) is 14.7 Å². The molecule has 0 saturated carbocycles. The average molecular weight is 604 g/mol. The van der Waals surface area contributed by atoms with Crippen LogP contribution in [0.2, 0.25) is 0 Å². The number of carbonyl (C=O) groups excluding carboxylic acids is 3. The van der Waals surface area contributed by atoms with Gasteiger partial charge < -0.3 is 24.5 Å². The van der Waals surface area contributed by atoms with Gasteiger partial charge in [0.15, 0.2) is 0 Å². The number of aliphatic hydroxyl groups excluding tert-OH is 1. The largest absolute Gasteiger partial charge is 0.394 e. The molecule has 8 heteroatoms. The van der Waals surface area contributed by atoms with Crippen LogP contribution in [0, 0.1) is 11.8 Å². The molecule has 3 aromatic rings. The summed E-state index contributed by atoms with van der Waals surface area (Å²) in [5.41, 5.74) is 1.55. The highest BCUT2D eigenvalue weighted by Crippen LogP contribution is 2.54. The van der Waals surface area contributed by atoms with Gasteiger partial charge in [0.25, 0.3) is 0 Å². The van der Waals surface area contributed by atoms with Gasteiger partial charge in [-0.15, -0.1) is 0 Å². The molecule has 4 heterocycles. The molecule has 7 rings (SSSR count). The molecule has 0 bridgehead atoms. The number of hydrogen-bond donors (Lipinski definition) is 1. The topological polar surface area (TPSA) is 90.4 Å². The molecule has 1 unspecified atom stereocenters. The number of rotatable bonds is 8. The molecular weight excluding hydrogens is 566 g/mol. The summed E-state index contributed by atoms with van der Waals surface area (Å²) >= 11 is 0. The molecule has 1 N–H and O–H groups in total. The monoisotopic (exact) mass is 603 g/mol. The number of likely N-dealkylation sites (tertiary alicyclic amines) is 1. The lowest BCUT2D eigenvalue weighted by Crippen LogP contribution is -2.58. The summed E-state index contributed by atoms with van der Waals surface area (Å²) in [6.45, 7) is 1.17. The van der Waals surface area contributed by atoms with Crippen LogP contribution in [0.5, 0.6) is 0 Å². The van der Waals surface area contributed by atoms with Gasteiger partial charge in [0.1, 0.15) is 11.6 Å². The van der Waals surface area contributed by atoms with Crippen molar-refractivity contribution in [3.8, 4) is 0 Å². The van der Waals surface area contributed by atoms with E-state index < -0.39 is 35.6 Å². The van der Waals surface area contributed by atoms with Gasteiger partial charge in [0.05, 0.1) is 30.6 Å². The van der Waals surface area contributed by atoms with E-state index in [4.69, 9.17) is 4.74 Å². The molecule has 3 aromatic carbocycles. The third-order valence-electron chi connectivity index (χ3n) is 9.61. The van der Waals surface area contributed by atoms with Crippen LogP contribution in [0.15, 0.2) is 115 Å². The van der Waals surface area contributed by atoms with Crippen molar-refractivity contribution in [1.82, 2.24) is 14.7 Å². The maximum absolute atomic E-state index is 14.8. The smallest absolute Gasteiger partial charge is 0.249 e. The number of carbonyl (C=O) groups is 3. The molecule has 45 heavy (non-hydrogen) atoms. The zero-order valence-corrected chi connectivity index (χ0v) is 25.0. The number of amides is 3. The molecule has 8 nitrogen and oxygen atoms in total. The molecule has 3 amide bonds. The van der Waals surface area contributed by atoms with E-state index in [1.165, 1.54) is 0 Å². The first kappa shape index (κ1) is 29.2. The Morgan fingerprint density at radius 2 is 1.29 bits per heavy atom. The molecule has 0 aliphatic carbocycles. The first-order valence-corrected chi connectivity index (χ1v) is 15.6. The number of benzene rings is 3. The molecule has 1 spiro atoms. The second-order valence-corrected chi connectivity index (χ2v) is 12.4. The Kier molecular flexibility index (Phi) is 7.85. The van der Waals surface area contributed by atoms with Crippen LogP contribution in [0.3, 0.4) is 0 Å². The lowest BCUT2D eigenvalue weighted by molar-refractivity contribution is -0.151. The van der Waals surface area contributed by atoms with E-state index in [-0.39, 0.29) is 24.3 Å². The van der Waals surface area contributed by atoms with Gasteiger partial charge in [0, 0.05) is 26.2 Å². The normalized spacial score (nSPS) is 28.0. The quantitative estimate of drug-likeness (QED) is 0.399. The summed E-state index contributed by atoms with van der Waals surface area (Å²) in [5.74, 6) is -2.46. The molecule has 230 valence electrons. The Hall–Kier alpha value is -4.53. The predicted octanol–water partition coefficient (Wildman–Crippen LogP) is 3.37. The first-order valence-electron chi connectivity index (χ1n) is 15.6. The van der Waals surface area contributed by atoms with Gasteiger partial charge in [-0.25, -0.2) is 0 Å². The van der Waals surface area contributed by atoms with Crippen LogP contribution in [0.25, 0.3) is 0 Å². The van der Waals surface area contributed by atoms with Crippen molar-refractivity contribution >= 4 is 17.7 Å². The predicted molar refractivity (Wildman–Crippen MR) is 168 cm³/mol. The van der Waals surface area contributed by atoms with Crippen LogP contribution < -0.4 is 0 Å². The van der Waals surface area contributed by atoms with Crippen LogP contribution in [-0.4, -0.2) is 81.0 Å². The highest BCUT2D eigenvalue weighted by molar-refractivity contribution is 6.00. The maximum atomic E-state index is 14.8. The Balaban J connectivity index is 1.29. The van der Waals surface area contributed by atoms with Crippen LogP contribution in [0.1, 0.15) is 16.7 Å². The minimum absolute atomic E-state index is 0.167. The summed E-state index contributed by atoms with van der Waals surface area (Å²) in [6, 6.07) is 27.5. The van der Waals surface area contributed by atoms with Crippen LogP contribution >= 0.6 is 0 Å². The number of fused-ring (bicyclic) bond motifs is 2. The summed E-state index contributed by atoms with van der Waals surface area (Å²) in [4.78, 5) is 48.9. The fraction of sp³-hybridized carbons (Fsp3) is 0.324. The van der Waals surface area contributed by atoms with Gasteiger partial charge in [-0.3, -0.25) is 14.4 Å². The van der Waals surface area contributed by atoms with E-state index in [1.807, 2.05) is 115 Å². The zero-order valence-electron chi connectivity index (χ0n) is 25.0.